The van der Waals surface area contributed by atoms with Crippen molar-refractivity contribution < 1.29 is 8.42 Å². The predicted octanol–water partition coefficient (Wildman–Crippen LogP) is 1.17. The lowest BCUT2D eigenvalue weighted by Gasteiger charge is -2.16. The molecule has 0 spiro atoms. The molecular weight excluding hydrogens is 262 g/mol. The molecule has 0 unspecified atom stereocenters. The van der Waals surface area contributed by atoms with Crippen molar-refractivity contribution >= 4 is 10.0 Å². The zero-order valence-corrected chi connectivity index (χ0v) is 13.1. The van der Waals surface area contributed by atoms with Crippen molar-refractivity contribution in [2.75, 3.05) is 20.6 Å². The van der Waals surface area contributed by atoms with Crippen LogP contribution in [0.1, 0.15) is 23.6 Å². The van der Waals surface area contributed by atoms with Crippen molar-refractivity contribution in [1.29, 1.82) is 0 Å². The number of hydrazine groups is 1. The van der Waals surface area contributed by atoms with Gasteiger partial charge in [-0.3, -0.25) is 0 Å². The number of aryl methyl sites for hydroxylation is 1. The van der Waals surface area contributed by atoms with Gasteiger partial charge < -0.3 is 5.32 Å². The Labute approximate surface area is 116 Å². The smallest absolute Gasteiger partial charge is 0.253 e. The molecule has 2 N–H and O–H groups in total. The van der Waals surface area contributed by atoms with E-state index in [0.29, 0.717) is 11.4 Å². The molecule has 0 atom stereocenters. The number of hydrogen-bond acceptors (Lipinski definition) is 4. The minimum absolute atomic E-state index is 0.342. The van der Waals surface area contributed by atoms with E-state index in [1.165, 1.54) is 5.01 Å². The van der Waals surface area contributed by atoms with Crippen LogP contribution in [-0.2, 0) is 16.6 Å². The Balaban J connectivity index is 3.22. The highest BCUT2D eigenvalue weighted by Crippen LogP contribution is 2.21. The Morgan fingerprint density at radius 3 is 2.37 bits per heavy atom. The van der Waals surface area contributed by atoms with Gasteiger partial charge in [0, 0.05) is 20.6 Å². The summed E-state index contributed by atoms with van der Waals surface area (Å²) in [7, 11) is -0.202. The fourth-order valence-corrected chi connectivity index (χ4v) is 3.29. The quantitative estimate of drug-likeness (QED) is 0.770. The molecule has 0 saturated carbocycles. The normalized spacial score (nSPS) is 12.1. The maximum absolute atomic E-state index is 12.3. The average molecular weight is 285 g/mol. The summed E-state index contributed by atoms with van der Waals surface area (Å²) in [6, 6.07) is 3.75. The standard InChI is InChI=1S/C13H23N3O2S/c1-6-14-9-12-7-10(2)11(3)13(8-12)19(17,18)15-16(4)5/h7-8,14-15H,6,9H2,1-5H3. The second kappa shape index (κ2) is 6.47. The number of nitrogens with one attached hydrogen (secondary N) is 2. The molecule has 0 amide bonds. The topological polar surface area (TPSA) is 61.4 Å². The SMILES string of the molecule is CCNCc1cc(C)c(C)c(S(=O)(=O)NN(C)C)c1. The molecular formula is C13H23N3O2S. The van der Waals surface area contributed by atoms with E-state index in [0.717, 1.165) is 23.2 Å². The van der Waals surface area contributed by atoms with Crippen LogP contribution < -0.4 is 10.1 Å². The Kier molecular flexibility index (Phi) is 5.49. The van der Waals surface area contributed by atoms with Crippen LogP contribution in [0.3, 0.4) is 0 Å². The molecule has 0 aliphatic carbocycles. The molecule has 19 heavy (non-hydrogen) atoms. The second-order valence-electron chi connectivity index (χ2n) is 4.81. The van der Waals surface area contributed by atoms with Gasteiger partial charge in [0.25, 0.3) is 10.0 Å². The van der Waals surface area contributed by atoms with Crippen LogP contribution in [0.4, 0.5) is 0 Å². The van der Waals surface area contributed by atoms with Crippen LogP contribution in [0.2, 0.25) is 0 Å². The van der Waals surface area contributed by atoms with Gasteiger partial charge in [0.1, 0.15) is 0 Å². The lowest BCUT2D eigenvalue weighted by atomic mass is 10.1. The highest BCUT2D eigenvalue weighted by molar-refractivity contribution is 7.89. The summed E-state index contributed by atoms with van der Waals surface area (Å²) in [5.74, 6) is 0. The first-order chi connectivity index (χ1) is 8.77. The van der Waals surface area contributed by atoms with Gasteiger partial charge >= 0.3 is 0 Å². The van der Waals surface area contributed by atoms with Gasteiger partial charge in [0.2, 0.25) is 0 Å². The minimum atomic E-state index is -3.51. The van der Waals surface area contributed by atoms with Gasteiger partial charge in [-0.15, -0.1) is 4.83 Å². The molecule has 0 aromatic heterocycles. The summed E-state index contributed by atoms with van der Waals surface area (Å²) < 4.78 is 24.5. The van der Waals surface area contributed by atoms with E-state index in [2.05, 4.69) is 10.1 Å². The molecule has 6 heteroatoms. The summed E-state index contributed by atoms with van der Waals surface area (Å²) in [5.41, 5.74) is 2.74. The Morgan fingerprint density at radius 2 is 1.84 bits per heavy atom. The number of benzene rings is 1. The molecule has 0 fully saturated rings. The van der Waals surface area contributed by atoms with Crippen LogP contribution in [0.15, 0.2) is 17.0 Å². The number of rotatable bonds is 6. The molecule has 0 aliphatic rings. The molecule has 5 nitrogen and oxygen atoms in total. The van der Waals surface area contributed by atoms with E-state index in [1.54, 1.807) is 20.2 Å². The Morgan fingerprint density at radius 1 is 1.21 bits per heavy atom. The first-order valence-corrected chi connectivity index (χ1v) is 7.77. The van der Waals surface area contributed by atoms with Crippen molar-refractivity contribution in [3.63, 3.8) is 0 Å². The largest absolute Gasteiger partial charge is 0.313 e. The summed E-state index contributed by atoms with van der Waals surface area (Å²) in [5, 5.41) is 4.64. The van der Waals surface area contributed by atoms with Crippen molar-refractivity contribution in [3.05, 3.63) is 28.8 Å². The molecule has 0 heterocycles. The fraction of sp³-hybridized carbons (Fsp3) is 0.538. The number of sulfonamides is 1. The highest BCUT2D eigenvalue weighted by atomic mass is 32.2. The highest BCUT2D eigenvalue weighted by Gasteiger charge is 2.19. The minimum Gasteiger partial charge on any atom is -0.313 e. The number of nitrogens with zero attached hydrogens (tertiary/aromatic N) is 1. The Hall–Kier alpha value is -0.950. The van der Waals surface area contributed by atoms with Gasteiger partial charge in [0.15, 0.2) is 0 Å². The summed E-state index contributed by atoms with van der Waals surface area (Å²) in [6.07, 6.45) is 0. The van der Waals surface area contributed by atoms with Crippen molar-refractivity contribution in [1.82, 2.24) is 15.2 Å². The van der Waals surface area contributed by atoms with E-state index < -0.39 is 10.0 Å². The number of hydrogen-bond donors (Lipinski definition) is 2. The van der Waals surface area contributed by atoms with Crippen molar-refractivity contribution in [2.45, 2.75) is 32.2 Å². The van der Waals surface area contributed by atoms with Gasteiger partial charge in [-0.05, 0) is 43.1 Å². The van der Waals surface area contributed by atoms with E-state index in [1.807, 2.05) is 26.8 Å². The van der Waals surface area contributed by atoms with Crippen LogP contribution in [0, 0.1) is 13.8 Å². The fourth-order valence-electron chi connectivity index (χ4n) is 1.84. The Bertz CT molecular complexity index is 539. The lowest BCUT2D eigenvalue weighted by molar-refractivity contribution is 0.364. The zero-order valence-electron chi connectivity index (χ0n) is 12.2. The van der Waals surface area contributed by atoms with E-state index >= 15 is 0 Å². The molecule has 108 valence electrons. The molecule has 1 aromatic rings. The van der Waals surface area contributed by atoms with Gasteiger partial charge in [-0.1, -0.05) is 13.0 Å². The maximum atomic E-state index is 12.3. The summed E-state index contributed by atoms with van der Waals surface area (Å²) in [4.78, 5) is 2.81. The van der Waals surface area contributed by atoms with Crippen LogP contribution >= 0.6 is 0 Å². The zero-order chi connectivity index (χ0) is 14.6. The van der Waals surface area contributed by atoms with Crippen LogP contribution in [0.5, 0.6) is 0 Å². The maximum Gasteiger partial charge on any atom is 0.253 e. The van der Waals surface area contributed by atoms with Crippen molar-refractivity contribution in [3.8, 4) is 0 Å². The van der Waals surface area contributed by atoms with Gasteiger partial charge in [0.05, 0.1) is 4.90 Å². The molecule has 0 saturated heterocycles. The van der Waals surface area contributed by atoms with Crippen molar-refractivity contribution in [2.24, 2.45) is 0 Å². The first kappa shape index (κ1) is 16.1. The molecule has 1 rings (SSSR count). The van der Waals surface area contributed by atoms with E-state index in [-0.39, 0.29) is 0 Å². The van der Waals surface area contributed by atoms with E-state index in [9.17, 15) is 8.42 Å². The van der Waals surface area contributed by atoms with Crippen LogP contribution in [0.25, 0.3) is 0 Å². The average Bonchev–Trinajstić information content (AvgIpc) is 2.28. The third kappa shape index (κ3) is 4.28. The monoisotopic (exact) mass is 285 g/mol. The molecule has 0 aliphatic heterocycles. The second-order valence-corrected chi connectivity index (χ2v) is 6.43. The molecule has 0 bridgehead atoms. The summed E-state index contributed by atoms with van der Waals surface area (Å²) in [6.45, 7) is 7.30. The predicted molar refractivity (Wildman–Crippen MR) is 77.3 cm³/mol. The third-order valence-corrected chi connectivity index (χ3v) is 4.46. The lowest BCUT2D eigenvalue weighted by Crippen LogP contribution is -2.36. The summed E-state index contributed by atoms with van der Waals surface area (Å²) >= 11 is 0. The molecule has 1 aromatic carbocycles. The third-order valence-electron chi connectivity index (χ3n) is 2.85. The first-order valence-electron chi connectivity index (χ1n) is 6.28. The molecule has 0 radical (unpaired) electrons. The van der Waals surface area contributed by atoms with E-state index in [4.69, 9.17) is 0 Å². The van der Waals surface area contributed by atoms with Gasteiger partial charge in [-0.2, -0.15) is 0 Å². The van der Waals surface area contributed by atoms with Gasteiger partial charge in [-0.25, -0.2) is 13.4 Å². The van der Waals surface area contributed by atoms with Crippen LogP contribution in [-0.4, -0.2) is 34.1 Å².